The molecule has 0 fully saturated rings. The molecular weight excluding hydrogens is 350 g/mol. The highest BCUT2D eigenvalue weighted by molar-refractivity contribution is 5.97. The van der Waals surface area contributed by atoms with E-state index in [0.717, 1.165) is 23.9 Å². The fourth-order valence-corrected chi connectivity index (χ4v) is 2.58. The van der Waals surface area contributed by atoms with Crippen LogP contribution < -0.4 is 10.2 Å². The Balaban J connectivity index is 2.18. The van der Waals surface area contributed by atoms with Gasteiger partial charge in [-0.15, -0.1) is 0 Å². The van der Waals surface area contributed by atoms with Gasteiger partial charge in [-0.1, -0.05) is 12.1 Å². The van der Waals surface area contributed by atoms with Crippen LogP contribution in [0.25, 0.3) is 0 Å². The summed E-state index contributed by atoms with van der Waals surface area (Å²) in [5, 5.41) is 13.9. The van der Waals surface area contributed by atoms with Gasteiger partial charge in [0.15, 0.2) is 0 Å². The Labute approximate surface area is 156 Å². The second-order valence-corrected chi connectivity index (χ2v) is 6.10. The monoisotopic (exact) mass is 371 g/mol. The van der Waals surface area contributed by atoms with Gasteiger partial charge in [0.05, 0.1) is 18.6 Å². The zero-order chi connectivity index (χ0) is 20.1. The Bertz CT molecular complexity index is 895. The van der Waals surface area contributed by atoms with Gasteiger partial charge in [-0.2, -0.15) is 0 Å². The lowest BCUT2D eigenvalue weighted by Crippen LogP contribution is -2.30. The third-order valence-corrected chi connectivity index (χ3v) is 4.28. The number of nitro benzene ring substituents is 1. The summed E-state index contributed by atoms with van der Waals surface area (Å²) in [5.41, 5.74) is 2.75. The quantitative estimate of drug-likeness (QED) is 0.476. The van der Waals surface area contributed by atoms with Crippen molar-refractivity contribution in [2.75, 3.05) is 30.9 Å². The van der Waals surface area contributed by atoms with Crippen molar-refractivity contribution in [2.24, 2.45) is 0 Å². The normalized spacial score (nSPS) is 10.2. The molecule has 8 nitrogen and oxygen atoms in total. The van der Waals surface area contributed by atoms with Crippen molar-refractivity contribution in [2.45, 2.75) is 13.8 Å². The molecule has 1 N–H and O–H groups in total. The summed E-state index contributed by atoms with van der Waals surface area (Å²) in [5.74, 6) is -1.05. The van der Waals surface area contributed by atoms with Crippen LogP contribution in [0.1, 0.15) is 21.5 Å². The van der Waals surface area contributed by atoms with Crippen LogP contribution in [0.2, 0.25) is 0 Å². The number of methoxy groups -OCH3 is 1. The molecular formula is C19H21N3O5. The summed E-state index contributed by atoms with van der Waals surface area (Å²) in [7, 11) is 2.81. The van der Waals surface area contributed by atoms with Gasteiger partial charge in [0, 0.05) is 24.5 Å². The van der Waals surface area contributed by atoms with Crippen LogP contribution in [0.4, 0.5) is 17.1 Å². The molecule has 8 heteroatoms. The lowest BCUT2D eigenvalue weighted by molar-refractivity contribution is -0.385. The van der Waals surface area contributed by atoms with Crippen molar-refractivity contribution in [3.63, 3.8) is 0 Å². The number of anilines is 2. The van der Waals surface area contributed by atoms with E-state index < -0.39 is 10.9 Å². The van der Waals surface area contributed by atoms with Gasteiger partial charge in [0.2, 0.25) is 5.91 Å². The zero-order valence-corrected chi connectivity index (χ0v) is 15.6. The summed E-state index contributed by atoms with van der Waals surface area (Å²) in [6.07, 6.45) is 0. The van der Waals surface area contributed by atoms with Gasteiger partial charge in [-0.3, -0.25) is 14.9 Å². The molecule has 0 spiro atoms. The molecule has 0 aromatic heterocycles. The molecule has 0 aliphatic rings. The number of ether oxygens (including phenoxy) is 1. The van der Waals surface area contributed by atoms with Gasteiger partial charge in [-0.05, 0) is 43.2 Å². The molecule has 0 heterocycles. The predicted molar refractivity (Wildman–Crippen MR) is 102 cm³/mol. The number of carbonyl (C=O) groups is 2. The van der Waals surface area contributed by atoms with Gasteiger partial charge in [-0.25, -0.2) is 4.79 Å². The van der Waals surface area contributed by atoms with E-state index in [4.69, 9.17) is 0 Å². The highest BCUT2D eigenvalue weighted by Crippen LogP contribution is 2.25. The molecule has 2 aromatic rings. The number of nitrogens with zero attached hydrogens (tertiary/aromatic N) is 2. The topological polar surface area (TPSA) is 102 Å². The molecule has 2 rings (SSSR count). The minimum Gasteiger partial charge on any atom is -0.465 e. The molecule has 0 aliphatic carbocycles. The highest BCUT2D eigenvalue weighted by atomic mass is 16.6. The first kappa shape index (κ1) is 19.9. The second kappa shape index (κ2) is 8.31. The first-order valence-electron chi connectivity index (χ1n) is 8.18. The van der Waals surface area contributed by atoms with Crippen LogP contribution in [-0.4, -0.2) is 37.5 Å². The lowest BCUT2D eigenvalue weighted by Gasteiger charge is -2.20. The average Bonchev–Trinajstić information content (AvgIpc) is 2.64. The Morgan fingerprint density at radius 2 is 1.93 bits per heavy atom. The van der Waals surface area contributed by atoms with Crippen LogP contribution in [0.15, 0.2) is 36.4 Å². The second-order valence-electron chi connectivity index (χ2n) is 6.10. The molecule has 27 heavy (non-hydrogen) atoms. The number of hydrogen-bond acceptors (Lipinski definition) is 6. The van der Waals surface area contributed by atoms with Gasteiger partial charge < -0.3 is 15.0 Å². The molecule has 142 valence electrons. The van der Waals surface area contributed by atoms with Gasteiger partial charge >= 0.3 is 5.97 Å². The maximum Gasteiger partial charge on any atom is 0.344 e. The maximum atomic E-state index is 12.4. The number of aryl methyl sites for hydroxylation is 1. The first-order valence-corrected chi connectivity index (χ1v) is 8.18. The number of likely N-dealkylation sites (N-methyl/N-ethyl adjacent to an activating group) is 1. The Morgan fingerprint density at radius 3 is 2.56 bits per heavy atom. The molecule has 0 radical (unpaired) electrons. The minimum absolute atomic E-state index is 0.00576. The third-order valence-electron chi connectivity index (χ3n) is 4.28. The van der Waals surface area contributed by atoms with Crippen molar-refractivity contribution in [3.8, 4) is 0 Å². The summed E-state index contributed by atoms with van der Waals surface area (Å²) in [6.45, 7) is 3.89. The van der Waals surface area contributed by atoms with Crippen molar-refractivity contribution >= 4 is 28.9 Å². The van der Waals surface area contributed by atoms with Crippen LogP contribution in [0.3, 0.4) is 0 Å². The number of carbonyl (C=O) groups excluding carboxylic acids is 2. The standard InChI is InChI=1S/C19H21N3O5/c1-12-6-5-7-16(13(12)2)20-18(23)11-21(3)14-8-9-17(22(25)26)15(10-14)19(24)27-4/h5-10H,11H2,1-4H3,(H,20,23). The third kappa shape index (κ3) is 4.60. The van der Waals surface area contributed by atoms with Crippen LogP contribution in [0, 0.1) is 24.0 Å². The van der Waals surface area contributed by atoms with Crippen molar-refractivity contribution in [1.82, 2.24) is 0 Å². The van der Waals surface area contributed by atoms with Crippen LogP contribution in [0.5, 0.6) is 0 Å². The van der Waals surface area contributed by atoms with E-state index in [2.05, 4.69) is 10.1 Å². The molecule has 0 bridgehead atoms. The molecule has 0 aliphatic heterocycles. The fraction of sp³-hybridized carbons (Fsp3) is 0.263. The van der Waals surface area contributed by atoms with Crippen molar-refractivity contribution < 1.29 is 19.2 Å². The lowest BCUT2D eigenvalue weighted by atomic mass is 10.1. The number of nitro groups is 1. The van der Waals surface area contributed by atoms with Crippen LogP contribution >= 0.6 is 0 Å². The zero-order valence-electron chi connectivity index (χ0n) is 15.6. The number of hydrogen-bond donors (Lipinski definition) is 1. The van der Waals surface area contributed by atoms with E-state index in [1.54, 1.807) is 11.9 Å². The molecule has 2 aromatic carbocycles. The summed E-state index contributed by atoms with van der Waals surface area (Å²) in [4.78, 5) is 36.2. The van der Waals surface area contributed by atoms with E-state index in [1.807, 2.05) is 32.0 Å². The number of amides is 1. The van der Waals surface area contributed by atoms with E-state index in [1.165, 1.54) is 18.2 Å². The van der Waals surface area contributed by atoms with Crippen molar-refractivity contribution in [3.05, 3.63) is 63.2 Å². The molecule has 0 atom stereocenters. The summed E-state index contributed by atoms with van der Waals surface area (Å²) in [6, 6.07) is 9.69. The summed E-state index contributed by atoms with van der Waals surface area (Å²) >= 11 is 0. The van der Waals surface area contributed by atoms with E-state index in [9.17, 15) is 19.7 Å². The van der Waals surface area contributed by atoms with E-state index in [-0.39, 0.29) is 23.7 Å². The average molecular weight is 371 g/mol. The molecule has 0 saturated heterocycles. The van der Waals surface area contributed by atoms with Crippen LogP contribution in [-0.2, 0) is 9.53 Å². The van der Waals surface area contributed by atoms with E-state index in [0.29, 0.717) is 5.69 Å². The smallest absolute Gasteiger partial charge is 0.344 e. The SMILES string of the molecule is COC(=O)c1cc(N(C)CC(=O)Nc2cccc(C)c2C)ccc1[N+](=O)[O-]. The number of rotatable bonds is 6. The minimum atomic E-state index is -0.809. The Kier molecular flexibility index (Phi) is 6.12. The van der Waals surface area contributed by atoms with E-state index >= 15 is 0 Å². The fourth-order valence-electron chi connectivity index (χ4n) is 2.58. The first-order chi connectivity index (χ1) is 12.7. The Morgan fingerprint density at radius 1 is 1.22 bits per heavy atom. The molecule has 0 unspecified atom stereocenters. The Hall–Kier alpha value is -3.42. The molecule has 0 saturated carbocycles. The summed E-state index contributed by atoms with van der Waals surface area (Å²) < 4.78 is 4.61. The highest BCUT2D eigenvalue weighted by Gasteiger charge is 2.22. The van der Waals surface area contributed by atoms with Gasteiger partial charge in [0.25, 0.3) is 5.69 Å². The largest absolute Gasteiger partial charge is 0.465 e. The van der Waals surface area contributed by atoms with Crippen molar-refractivity contribution in [1.29, 1.82) is 0 Å². The number of esters is 1. The molecule has 1 amide bonds. The predicted octanol–water partition coefficient (Wildman–Crippen LogP) is 3.07. The maximum absolute atomic E-state index is 12.4. The number of benzene rings is 2. The number of nitrogens with one attached hydrogen (secondary N) is 1. The van der Waals surface area contributed by atoms with Gasteiger partial charge in [0.1, 0.15) is 5.56 Å².